The van der Waals surface area contributed by atoms with E-state index in [0.717, 1.165) is 28.3 Å². The number of aryl methyl sites for hydroxylation is 2. The lowest BCUT2D eigenvalue weighted by molar-refractivity contribution is 0.300. The molecule has 156 valence electrons. The summed E-state index contributed by atoms with van der Waals surface area (Å²) in [6.07, 6.45) is 4.01. The van der Waals surface area contributed by atoms with Crippen LogP contribution in [0.5, 0.6) is 0 Å². The van der Waals surface area contributed by atoms with Gasteiger partial charge < -0.3 is 13.9 Å². The number of nitrogens with zero attached hydrogens (tertiary/aromatic N) is 5. The summed E-state index contributed by atoms with van der Waals surface area (Å²) in [6, 6.07) is 4.64. The van der Waals surface area contributed by atoms with Gasteiger partial charge in [0, 0.05) is 41.1 Å². The third-order valence-electron chi connectivity index (χ3n) is 6.08. The summed E-state index contributed by atoms with van der Waals surface area (Å²) in [5.41, 5.74) is 1.33. The molecule has 2 unspecified atom stereocenters. The minimum atomic E-state index is 0. The fraction of sp³-hybridized carbons (Fsp3) is 0.550. The highest BCUT2D eigenvalue weighted by Crippen LogP contribution is 2.60. The van der Waals surface area contributed by atoms with Crippen LogP contribution in [0.3, 0.4) is 0 Å². The maximum atomic E-state index is 5.45. The summed E-state index contributed by atoms with van der Waals surface area (Å²) in [7, 11) is 1.99. The molecule has 3 aromatic heterocycles. The number of fused-ring (bicyclic) bond motifs is 1. The van der Waals surface area contributed by atoms with E-state index in [9.17, 15) is 0 Å². The van der Waals surface area contributed by atoms with Crippen LogP contribution in [0.15, 0.2) is 28.1 Å². The van der Waals surface area contributed by atoms with Crippen molar-refractivity contribution in [2.75, 3.05) is 25.4 Å². The smallest absolute Gasteiger partial charge is 0.202 e. The van der Waals surface area contributed by atoms with E-state index in [1.807, 2.05) is 29.9 Å². The van der Waals surface area contributed by atoms with Gasteiger partial charge in [-0.2, -0.15) is 0 Å². The molecule has 0 bridgehead atoms. The molecule has 0 aromatic carbocycles. The first-order valence-corrected chi connectivity index (χ1v) is 11.6. The number of piperidine rings is 1. The topological polar surface area (TPSA) is 60.0 Å². The third kappa shape index (κ3) is 3.76. The van der Waals surface area contributed by atoms with Crippen molar-refractivity contribution in [1.82, 2.24) is 24.6 Å². The second-order valence-electron chi connectivity index (χ2n) is 8.04. The van der Waals surface area contributed by atoms with E-state index in [0.29, 0.717) is 11.2 Å². The number of hydrogen-bond acceptors (Lipinski definition) is 7. The molecular formula is C20H26ClN5OS2. The standard InChI is InChI=1S/C20H25N5OS2.ClH/c1-13-5-6-16(28-13)20-9-15(20)10-25(11-20)7-4-8-27-19-23-22-18(24(19)3)17-14(2)21-12-26-17;/h5-6,12,15H,4,7-11H2,1-3H3;1H. The first-order valence-electron chi connectivity index (χ1n) is 9.79. The SMILES string of the molecule is Cc1ccc(C23CC2CN(CCCSc2nnc(-c4ocnc4C)n2C)C3)s1.Cl. The van der Waals surface area contributed by atoms with Crippen molar-refractivity contribution in [3.05, 3.63) is 34.0 Å². The average molecular weight is 452 g/mol. The quantitative estimate of drug-likeness (QED) is 0.393. The summed E-state index contributed by atoms with van der Waals surface area (Å²) in [6.45, 7) is 7.81. The van der Waals surface area contributed by atoms with Gasteiger partial charge in [0.1, 0.15) is 0 Å². The van der Waals surface area contributed by atoms with Gasteiger partial charge >= 0.3 is 0 Å². The summed E-state index contributed by atoms with van der Waals surface area (Å²) in [5, 5.41) is 9.55. The number of rotatable bonds is 7. The molecule has 9 heteroatoms. The Bertz CT molecular complexity index is 999. The molecule has 0 N–H and O–H groups in total. The van der Waals surface area contributed by atoms with Crippen LogP contribution < -0.4 is 0 Å². The number of halogens is 1. The molecule has 0 amide bonds. The highest BCUT2D eigenvalue weighted by Gasteiger charge is 2.61. The van der Waals surface area contributed by atoms with E-state index in [2.05, 4.69) is 39.1 Å². The van der Waals surface area contributed by atoms with Gasteiger partial charge in [-0.25, -0.2) is 4.98 Å². The Kier molecular flexibility index (Phi) is 5.81. The van der Waals surface area contributed by atoms with Crippen molar-refractivity contribution >= 4 is 35.5 Å². The Balaban J connectivity index is 0.00000205. The maximum Gasteiger partial charge on any atom is 0.202 e. The Hall–Kier alpha value is -1.35. The number of likely N-dealkylation sites (tertiary alicyclic amines) is 1. The molecule has 2 fully saturated rings. The number of hydrogen-bond donors (Lipinski definition) is 0. The predicted molar refractivity (Wildman–Crippen MR) is 119 cm³/mol. The van der Waals surface area contributed by atoms with Gasteiger partial charge in [-0.15, -0.1) is 33.9 Å². The molecule has 5 rings (SSSR count). The lowest BCUT2D eigenvalue weighted by atomic mass is 10.0. The van der Waals surface area contributed by atoms with Crippen LogP contribution in [0.4, 0.5) is 0 Å². The Morgan fingerprint density at radius 2 is 2.17 bits per heavy atom. The zero-order valence-electron chi connectivity index (χ0n) is 16.9. The Morgan fingerprint density at radius 1 is 1.31 bits per heavy atom. The summed E-state index contributed by atoms with van der Waals surface area (Å²) >= 11 is 3.76. The van der Waals surface area contributed by atoms with Gasteiger partial charge in [0.15, 0.2) is 17.3 Å². The summed E-state index contributed by atoms with van der Waals surface area (Å²) in [5.74, 6) is 3.37. The van der Waals surface area contributed by atoms with Crippen LogP contribution in [0.2, 0.25) is 0 Å². The molecule has 1 aliphatic heterocycles. The van der Waals surface area contributed by atoms with E-state index in [1.165, 1.54) is 43.7 Å². The van der Waals surface area contributed by atoms with Crippen molar-refractivity contribution in [3.63, 3.8) is 0 Å². The highest BCUT2D eigenvalue weighted by molar-refractivity contribution is 7.99. The molecule has 1 aliphatic carbocycles. The molecule has 1 saturated heterocycles. The van der Waals surface area contributed by atoms with Gasteiger partial charge in [-0.05, 0) is 51.3 Å². The number of thiophene rings is 1. The van der Waals surface area contributed by atoms with Gasteiger partial charge in [-0.1, -0.05) is 11.8 Å². The Morgan fingerprint density at radius 3 is 2.90 bits per heavy atom. The first-order chi connectivity index (χ1) is 13.6. The van der Waals surface area contributed by atoms with Crippen LogP contribution >= 0.6 is 35.5 Å². The normalized spacial score (nSPS) is 23.2. The molecule has 4 heterocycles. The number of aromatic nitrogens is 4. The average Bonchev–Trinajstić information content (AvgIpc) is 3.16. The zero-order chi connectivity index (χ0) is 19.3. The van der Waals surface area contributed by atoms with Crippen molar-refractivity contribution in [2.24, 2.45) is 13.0 Å². The van der Waals surface area contributed by atoms with Crippen molar-refractivity contribution < 1.29 is 4.42 Å². The zero-order valence-corrected chi connectivity index (χ0v) is 19.4. The largest absolute Gasteiger partial charge is 0.440 e. The second kappa shape index (κ2) is 8.06. The molecule has 0 radical (unpaired) electrons. The molecule has 3 aromatic rings. The minimum absolute atomic E-state index is 0. The van der Waals surface area contributed by atoms with Crippen molar-refractivity contribution in [3.8, 4) is 11.6 Å². The molecule has 2 atom stereocenters. The maximum absolute atomic E-state index is 5.45. The second-order valence-corrected chi connectivity index (χ2v) is 10.4. The molecule has 29 heavy (non-hydrogen) atoms. The summed E-state index contributed by atoms with van der Waals surface area (Å²) < 4.78 is 7.45. The third-order valence-corrected chi connectivity index (χ3v) is 8.41. The van der Waals surface area contributed by atoms with Crippen LogP contribution in [0.25, 0.3) is 11.6 Å². The molecule has 6 nitrogen and oxygen atoms in total. The van der Waals surface area contributed by atoms with Gasteiger partial charge in [-0.3, -0.25) is 0 Å². The van der Waals surface area contributed by atoms with Crippen molar-refractivity contribution in [2.45, 2.75) is 37.3 Å². The van der Waals surface area contributed by atoms with E-state index in [-0.39, 0.29) is 12.4 Å². The number of thioether (sulfide) groups is 1. The van der Waals surface area contributed by atoms with E-state index >= 15 is 0 Å². The van der Waals surface area contributed by atoms with E-state index in [1.54, 1.807) is 16.6 Å². The van der Waals surface area contributed by atoms with Crippen LogP contribution in [-0.2, 0) is 12.5 Å². The fourth-order valence-electron chi connectivity index (χ4n) is 4.45. The monoisotopic (exact) mass is 451 g/mol. The van der Waals surface area contributed by atoms with E-state index in [4.69, 9.17) is 4.42 Å². The molecule has 2 aliphatic rings. The molecule has 1 saturated carbocycles. The van der Waals surface area contributed by atoms with Gasteiger partial charge in [0.05, 0.1) is 5.69 Å². The highest BCUT2D eigenvalue weighted by atomic mass is 35.5. The van der Waals surface area contributed by atoms with Crippen LogP contribution in [0, 0.1) is 19.8 Å². The van der Waals surface area contributed by atoms with Crippen molar-refractivity contribution in [1.29, 1.82) is 0 Å². The molecular weight excluding hydrogens is 426 g/mol. The number of oxazole rings is 1. The minimum Gasteiger partial charge on any atom is -0.440 e. The fourth-order valence-corrected chi connectivity index (χ4v) is 6.42. The predicted octanol–water partition coefficient (Wildman–Crippen LogP) is 4.33. The lowest BCUT2D eigenvalue weighted by Crippen LogP contribution is -2.27. The van der Waals surface area contributed by atoms with Crippen LogP contribution in [-0.4, -0.2) is 50.0 Å². The van der Waals surface area contributed by atoms with Crippen LogP contribution in [0.1, 0.15) is 28.3 Å². The van der Waals surface area contributed by atoms with Gasteiger partial charge in [0.25, 0.3) is 0 Å². The van der Waals surface area contributed by atoms with Gasteiger partial charge in [0.2, 0.25) is 5.82 Å². The Labute approximate surface area is 185 Å². The first kappa shape index (κ1) is 20.9. The van der Waals surface area contributed by atoms with E-state index < -0.39 is 0 Å². The molecule has 0 spiro atoms. The lowest BCUT2D eigenvalue weighted by Gasteiger charge is -2.20. The summed E-state index contributed by atoms with van der Waals surface area (Å²) in [4.78, 5) is 9.85.